The van der Waals surface area contributed by atoms with Gasteiger partial charge in [-0.1, -0.05) is 104 Å². The first-order valence-electron chi connectivity index (χ1n) is 12.6. The minimum Gasteiger partial charge on any atom is -0.0642 e. The summed E-state index contributed by atoms with van der Waals surface area (Å²) in [6, 6.07) is 34.7. The first-order chi connectivity index (χ1) is 16.6. The van der Waals surface area contributed by atoms with Crippen molar-refractivity contribution in [2.45, 2.75) is 39.0 Å². The van der Waals surface area contributed by atoms with Gasteiger partial charge in [-0.2, -0.15) is 0 Å². The molecule has 164 valence electrons. The molecular weight excluding hydrogens is 408 g/mol. The van der Waals surface area contributed by atoms with Crippen LogP contribution in [0.1, 0.15) is 43.4 Å². The lowest BCUT2D eigenvalue weighted by molar-refractivity contribution is 0.490. The molecule has 0 bridgehead atoms. The molecule has 6 aromatic rings. The van der Waals surface area contributed by atoms with Crippen molar-refractivity contribution in [3.63, 3.8) is 0 Å². The average Bonchev–Trinajstić information content (AvgIpc) is 3.15. The van der Waals surface area contributed by atoms with Gasteiger partial charge >= 0.3 is 0 Å². The number of aryl methyl sites for hydroxylation is 1. The van der Waals surface area contributed by atoms with Crippen LogP contribution < -0.4 is 0 Å². The van der Waals surface area contributed by atoms with Crippen LogP contribution in [0, 0.1) is 6.92 Å². The standard InChI is InChI=1S/C34H28/c1-4-34(5-2)30-19-21(3)9-15-27(30)28-17-14-25(20-31(28)34)26-16-12-24-11-10-22-7-6-8-23-13-18-29(26)33(24)32(22)23/h6-20H,4-5H2,1-3H3. The van der Waals surface area contributed by atoms with E-state index in [9.17, 15) is 0 Å². The highest BCUT2D eigenvalue weighted by Crippen LogP contribution is 2.54. The van der Waals surface area contributed by atoms with E-state index in [-0.39, 0.29) is 5.41 Å². The van der Waals surface area contributed by atoms with Crippen LogP contribution >= 0.6 is 0 Å². The van der Waals surface area contributed by atoms with Crippen LogP contribution in [0.15, 0.2) is 91.0 Å². The van der Waals surface area contributed by atoms with Gasteiger partial charge in [0.05, 0.1) is 0 Å². The topological polar surface area (TPSA) is 0 Å². The second-order valence-corrected chi connectivity index (χ2v) is 10.1. The highest BCUT2D eigenvalue weighted by molar-refractivity contribution is 6.25. The number of benzene rings is 6. The summed E-state index contributed by atoms with van der Waals surface area (Å²) >= 11 is 0. The fourth-order valence-electron chi connectivity index (χ4n) is 6.78. The molecule has 7 rings (SSSR count). The molecule has 0 saturated heterocycles. The number of hydrogen-bond acceptors (Lipinski definition) is 0. The third kappa shape index (κ3) is 2.44. The lowest BCUT2D eigenvalue weighted by atomic mass is 9.73. The summed E-state index contributed by atoms with van der Waals surface area (Å²) in [6.07, 6.45) is 2.24. The Hall–Kier alpha value is -3.64. The zero-order chi connectivity index (χ0) is 23.0. The summed E-state index contributed by atoms with van der Waals surface area (Å²) in [5, 5.41) is 8.10. The quantitative estimate of drug-likeness (QED) is 0.242. The highest BCUT2D eigenvalue weighted by Gasteiger charge is 2.40. The molecule has 0 amide bonds. The van der Waals surface area contributed by atoms with E-state index in [0.29, 0.717) is 0 Å². The molecule has 0 atom stereocenters. The van der Waals surface area contributed by atoms with Crippen molar-refractivity contribution < 1.29 is 0 Å². The van der Waals surface area contributed by atoms with Gasteiger partial charge in [0.2, 0.25) is 0 Å². The van der Waals surface area contributed by atoms with Gasteiger partial charge in [-0.25, -0.2) is 0 Å². The number of fused-ring (bicyclic) bond motifs is 3. The van der Waals surface area contributed by atoms with Gasteiger partial charge < -0.3 is 0 Å². The van der Waals surface area contributed by atoms with E-state index in [2.05, 4.69) is 112 Å². The molecule has 0 unspecified atom stereocenters. The smallest absolute Gasteiger partial charge is 0.0210 e. The largest absolute Gasteiger partial charge is 0.0642 e. The van der Waals surface area contributed by atoms with E-state index >= 15 is 0 Å². The molecule has 0 N–H and O–H groups in total. The third-order valence-corrected chi connectivity index (χ3v) is 8.56. The number of rotatable bonds is 3. The molecule has 0 fully saturated rings. The van der Waals surface area contributed by atoms with E-state index < -0.39 is 0 Å². The maximum Gasteiger partial charge on any atom is 0.0210 e. The minimum atomic E-state index is 0.0937. The molecule has 0 aromatic heterocycles. The van der Waals surface area contributed by atoms with Crippen molar-refractivity contribution in [1.29, 1.82) is 0 Å². The predicted octanol–water partition coefficient (Wildman–Crippen LogP) is 9.65. The molecule has 0 saturated carbocycles. The Labute approximate surface area is 201 Å². The summed E-state index contributed by atoms with van der Waals surface area (Å²) in [4.78, 5) is 0. The van der Waals surface area contributed by atoms with Crippen molar-refractivity contribution >= 4 is 32.3 Å². The van der Waals surface area contributed by atoms with Gasteiger partial charge in [0.1, 0.15) is 0 Å². The van der Waals surface area contributed by atoms with Gasteiger partial charge in [0.15, 0.2) is 0 Å². The summed E-state index contributed by atoms with van der Waals surface area (Å²) in [7, 11) is 0. The SMILES string of the molecule is CCC1(CC)c2cc(C)ccc2-c2ccc(-c3ccc4ccc5cccc6ccc3c4c56)cc21. The van der Waals surface area contributed by atoms with E-state index in [1.807, 2.05) is 0 Å². The van der Waals surface area contributed by atoms with Gasteiger partial charge in [-0.3, -0.25) is 0 Å². The van der Waals surface area contributed by atoms with Crippen LogP contribution in [0.4, 0.5) is 0 Å². The summed E-state index contributed by atoms with van der Waals surface area (Å²) < 4.78 is 0. The second-order valence-electron chi connectivity index (χ2n) is 10.1. The Morgan fingerprint density at radius 3 is 1.88 bits per heavy atom. The lowest BCUT2D eigenvalue weighted by Crippen LogP contribution is -2.23. The van der Waals surface area contributed by atoms with Crippen LogP contribution in [0.2, 0.25) is 0 Å². The Kier molecular flexibility index (Phi) is 4.04. The summed E-state index contributed by atoms with van der Waals surface area (Å²) in [6.45, 7) is 6.93. The predicted molar refractivity (Wildman–Crippen MR) is 147 cm³/mol. The normalized spacial score (nSPS) is 14.2. The van der Waals surface area contributed by atoms with Crippen LogP contribution in [0.3, 0.4) is 0 Å². The fraction of sp³-hybridized carbons (Fsp3) is 0.176. The molecule has 0 radical (unpaired) electrons. The van der Waals surface area contributed by atoms with E-state index in [4.69, 9.17) is 0 Å². The van der Waals surface area contributed by atoms with Crippen molar-refractivity contribution in [2.75, 3.05) is 0 Å². The molecule has 1 aliphatic carbocycles. The van der Waals surface area contributed by atoms with E-state index in [1.54, 1.807) is 0 Å². The lowest BCUT2D eigenvalue weighted by Gasteiger charge is -2.30. The van der Waals surface area contributed by atoms with E-state index in [1.165, 1.54) is 71.3 Å². The van der Waals surface area contributed by atoms with Crippen LogP contribution in [-0.2, 0) is 5.41 Å². The Morgan fingerprint density at radius 2 is 1.15 bits per heavy atom. The molecular formula is C34H28. The van der Waals surface area contributed by atoms with Crippen LogP contribution in [-0.4, -0.2) is 0 Å². The van der Waals surface area contributed by atoms with Gasteiger partial charge in [-0.15, -0.1) is 0 Å². The second kappa shape index (κ2) is 6.93. The molecule has 6 aromatic carbocycles. The molecule has 34 heavy (non-hydrogen) atoms. The molecule has 0 aliphatic heterocycles. The van der Waals surface area contributed by atoms with Crippen LogP contribution in [0.5, 0.6) is 0 Å². The van der Waals surface area contributed by atoms with Gasteiger partial charge in [0.25, 0.3) is 0 Å². The van der Waals surface area contributed by atoms with E-state index in [0.717, 1.165) is 12.8 Å². The van der Waals surface area contributed by atoms with Crippen molar-refractivity contribution in [2.24, 2.45) is 0 Å². The third-order valence-electron chi connectivity index (χ3n) is 8.56. The Balaban J connectivity index is 1.52. The zero-order valence-corrected chi connectivity index (χ0v) is 20.1. The maximum absolute atomic E-state index is 2.50. The highest BCUT2D eigenvalue weighted by atomic mass is 14.4. The minimum absolute atomic E-state index is 0.0937. The molecule has 0 spiro atoms. The average molecular weight is 437 g/mol. The number of hydrogen-bond donors (Lipinski definition) is 0. The van der Waals surface area contributed by atoms with Gasteiger partial charge in [-0.05, 0) is 91.5 Å². The monoisotopic (exact) mass is 436 g/mol. The zero-order valence-electron chi connectivity index (χ0n) is 20.1. The van der Waals surface area contributed by atoms with Crippen molar-refractivity contribution in [1.82, 2.24) is 0 Å². The summed E-state index contributed by atoms with van der Waals surface area (Å²) in [5.74, 6) is 0. The first kappa shape index (κ1) is 19.8. The maximum atomic E-state index is 2.50. The molecule has 0 heteroatoms. The van der Waals surface area contributed by atoms with Crippen molar-refractivity contribution in [3.05, 3.63) is 108 Å². The van der Waals surface area contributed by atoms with Gasteiger partial charge in [0, 0.05) is 5.41 Å². The van der Waals surface area contributed by atoms with Crippen molar-refractivity contribution in [3.8, 4) is 22.3 Å². The fourth-order valence-corrected chi connectivity index (χ4v) is 6.78. The summed E-state index contributed by atoms with van der Waals surface area (Å²) in [5.41, 5.74) is 9.96. The molecule has 0 heterocycles. The van der Waals surface area contributed by atoms with Crippen LogP contribution in [0.25, 0.3) is 54.6 Å². The Bertz CT molecular complexity index is 1710. The Morgan fingerprint density at radius 1 is 0.559 bits per heavy atom. The molecule has 0 nitrogen and oxygen atoms in total. The molecule has 1 aliphatic rings. The first-order valence-corrected chi connectivity index (χ1v) is 12.6.